The molecular formula is C30H38N6O7. The molecule has 0 saturated carbocycles. The molecule has 2 aromatic heterocycles. The molecule has 0 aliphatic heterocycles. The molecule has 0 spiro atoms. The minimum absolute atomic E-state index is 0.00147. The number of alkyl carbamates (subject to hydrolysis) is 1. The number of hydrogen-bond donors (Lipinski definition) is 5. The molecule has 43 heavy (non-hydrogen) atoms. The molecule has 3 rings (SSSR count). The molecule has 0 bridgehead atoms. The number of carbonyl (C=O) groups excluding carboxylic acids is 4. The number of benzene rings is 1. The third kappa shape index (κ3) is 10.9. The molecule has 0 radical (unpaired) electrons. The lowest BCUT2D eigenvalue weighted by Crippen LogP contribution is -2.58. The van der Waals surface area contributed by atoms with Gasteiger partial charge >= 0.3 is 12.1 Å². The van der Waals surface area contributed by atoms with Crippen molar-refractivity contribution in [2.24, 2.45) is 5.92 Å². The molecule has 230 valence electrons. The molecular weight excluding hydrogens is 556 g/mol. The average molecular weight is 595 g/mol. The summed E-state index contributed by atoms with van der Waals surface area (Å²) >= 11 is 0. The molecule has 3 amide bonds. The van der Waals surface area contributed by atoms with Crippen molar-refractivity contribution in [1.29, 1.82) is 0 Å². The zero-order valence-corrected chi connectivity index (χ0v) is 24.4. The van der Waals surface area contributed by atoms with Crippen molar-refractivity contribution in [1.82, 2.24) is 30.9 Å². The van der Waals surface area contributed by atoms with Gasteiger partial charge in [0.1, 0.15) is 18.7 Å². The van der Waals surface area contributed by atoms with Crippen molar-refractivity contribution in [2.75, 3.05) is 7.11 Å². The van der Waals surface area contributed by atoms with Gasteiger partial charge in [-0.25, -0.2) is 14.6 Å². The minimum atomic E-state index is -1.61. The molecule has 0 aliphatic rings. The van der Waals surface area contributed by atoms with Crippen LogP contribution in [0.2, 0.25) is 0 Å². The van der Waals surface area contributed by atoms with Crippen molar-refractivity contribution in [2.45, 2.75) is 63.9 Å². The fourth-order valence-corrected chi connectivity index (χ4v) is 4.31. The van der Waals surface area contributed by atoms with Crippen LogP contribution >= 0.6 is 0 Å². The number of rotatable bonds is 15. The fourth-order valence-electron chi connectivity index (χ4n) is 4.31. The van der Waals surface area contributed by atoms with Crippen LogP contribution in [0, 0.1) is 5.92 Å². The van der Waals surface area contributed by atoms with E-state index < -0.39 is 48.1 Å². The molecule has 2 heterocycles. The number of aromatic nitrogens is 3. The highest BCUT2D eigenvalue weighted by atomic mass is 16.5. The summed E-state index contributed by atoms with van der Waals surface area (Å²) in [6.45, 7) is 3.75. The van der Waals surface area contributed by atoms with E-state index in [2.05, 4.69) is 35.6 Å². The number of H-pyrrole nitrogens is 1. The van der Waals surface area contributed by atoms with Crippen molar-refractivity contribution < 1.29 is 33.8 Å². The van der Waals surface area contributed by atoms with Gasteiger partial charge in [0, 0.05) is 37.1 Å². The van der Waals surface area contributed by atoms with Crippen LogP contribution in [0.15, 0.2) is 67.4 Å². The third-order valence-electron chi connectivity index (χ3n) is 6.47. The first-order valence-corrected chi connectivity index (χ1v) is 13.9. The monoisotopic (exact) mass is 594 g/mol. The van der Waals surface area contributed by atoms with E-state index in [1.54, 1.807) is 36.7 Å². The van der Waals surface area contributed by atoms with E-state index in [0.29, 0.717) is 11.3 Å². The minimum Gasteiger partial charge on any atom is -0.467 e. The van der Waals surface area contributed by atoms with Crippen LogP contribution < -0.4 is 16.0 Å². The van der Waals surface area contributed by atoms with E-state index in [1.807, 2.05) is 32.0 Å². The topological polar surface area (TPSA) is 185 Å². The molecule has 0 fully saturated rings. The Labute approximate surface area is 249 Å². The summed E-state index contributed by atoms with van der Waals surface area (Å²) in [5.74, 6) is -2.19. The zero-order valence-electron chi connectivity index (χ0n) is 24.4. The Morgan fingerprint density at radius 3 is 2.21 bits per heavy atom. The number of hydrogen-bond acceptors (Lipinski definition) is 9. The van der Waals surface area contributed by atoms with Gasteiger partial charge in [0.15, 0.2) is 6.10 Å². The Hall–Kier alpha value is -4.78. The third-order valence-corrected chi connectivity index (χ3v) is 6.47. The number of imidazole rings is 1. The summed E-state index contributed by atoms with van der Waals surface area (Å²) in [5.41, 5.74) is 1.99. The lowest BCUT2D eigenvalue weighted by Gasteiger charge is -2.28. The van der Waals surface area contributed by atoms with Crippen molar-refractivity contribution in [3.8, 4) is 0 Å². The number of aliphatic hydroxyl groups is 1. The first-order valence-electron chi connectivity index (χ1n) is 13.9. The predicted molar refractivity (Wildman–Crippen MR) is 155 cm³/mol. The van der Waals surface area contributed by atoms with Gasteiger partial charge in [-0.05, 0) is 29.5 Å². The summed E-state index contributed by atoms with van der Waals surface area (Å²) < 4.78 is 9.98. The summed E-state index contributed by atoms with van der Waals surface area (Å²) in [6.07, 6.45) is 4.01. The van der Waals surface area contributed by atoms with Crippen LogP contribution in [0.3, 0.4) is 0 Å². The van der Waals surface area contributed by atoms with E-state index in [4.69, 9.17) is 4.74 Å². The Morgan fingerprint density at radius 2 is 1.58 bits per heavy atom. The van der Waals surface area contributed by atoms with Crippen LogP contribution in [-0.2, 0) is 43.3 Å². The Kier molecular flexibility index (Phi) is 12.6. The van der Waals surface area contributed by atoms with Gasteiger partial charge in [0.25, 0.3) is 0 Å². The maximum atomic E-state index is 13.6. The molecule has 13 nitrogen and oxygen atoms in total. The average Bonchev–Trinajstić information content (AvgIpc) is 3.52. The van der Waals surface area contributed by atoms with Crippen molar-refractivity contribution >= 4 is 23.9 Å². The molecule has 0 saturated heterocycles. The molecule has 3 aromatic rings. The van der Waals surface area contributed by atoms with Crippen LogP contribution in [0.4, 0.5) is 4.79 Å². The van der Waals surface area contributed by atoms with E-state index in [9.17, 15) is 24.3 Å². The number of nitrogens with zero attached hydrogens (tertiary/aromatic N) is 2. The smallest absolute Gasteiger partial charge is 0.408 e. The summed E-state index contributed by atoms with van der Waals surface area (Å²) in [6, 6.07) is 9.27. The number of methoxy groups -OCH3 is 1. The number of ether oxygens (including phenoxy) is 2. The van der Waals surface area contributed by atoms with Crippen LogP contribution in [0.5, 0.6) is 0 Å². The predicted octanol–water partition coefficient (Wildman–Crippen LogP) is 1.43. The number of carbonyl (C=O) groups is 4. The maximum absolute atomic E-state index is 13.6. The number of esters is 1. The molecule has 0 aliphatic carbocycles. The van der Waals surface area contributed by atoms with Crippen molar-refractivity contribution in [3.63, 3.8) is 0 Å². The van der Waals surface area contributed by atoms with Crippen LogP contribution in [-0.4, -0.2) is 75.3 Å². The Balaban J connectivity index is 1.79. The highest BCUT2D eigenvalue weighted by Gasteiger charge is 2.33. The number of pyridine rings is 1. The van der Waals surface area contributed by atoms with E-state index in [0.717, 1.165) is 12.7 Å². The van der Waals surface area contributed by atoms with Gasteiger partial charge in [-0.2, -0.15) is 0 Å². The van der Waals surface area contributed by atoms with E-state index in [-0.39, 0.29) is 31.8 Å². The molecule has 5 N–H and O–H groups in total. The zero-order chi connectivity index (χ0) is 31.2. The number of nitrogens with one attached hydrogen (secondary N) is 4. The number of amides is 3. The lowest BCUT2D eigenvalue weighted by molar-refractivity contribution is -0.152. The maximum Gasteiger partial charge on any atom is 0.408 e. The summed E-state index contributed by atoms with van der Waals surface area (Å²) in [7, 11) is 1.14. The first-order chi connectivity index (χ1) is 20.7. The Morgan fingerprint density at radius 1 is 0.884 bits per heavy atom. The highest BCUT2D eigenvalue weighted by Crippen LogP contribution is 2.12. The van der Waals surface area contributed by atoms with E-state index >= 15 is 0 Å². The molecule has 4 atom stereocenters. The standard InChI is InChI=1S/C30H38N6O7/c1-19(2)12-23(26(37)29(40)42-3)34-28(39)25(14-22-16-32-18-33-22)35-27(38)24(13-21-10-7-11-31-15-21)36-30(41)43-17-20-8-5-4-6-9-20/h4-11,15-16,18-19,23-26,37H,12-14,17H2,1-3H3,(H,32,33)(H,34,39)(H,35,38)(H,36,41)/t23-,24-,25-,26-/m0/s1. The molecule has 0 unspecified atom stereocenters. The second-order valence-electron chi connectivity index (χ2n) is 10.4. The second-order valence-corrected chi connectivity index (χ2v) is 10.4. The van der Waals surface area contributed by atoms with Gasteiger partial charge in [-0.1, -0.05) is 50.2 Å². The number of aromatic amines is 1. The summed E-state index contributed by atoms with van der Waals surface area (Å²) in [5, 5.41) is 18.5. The van der Waals surface area contributed by atoms with Gasteiger partial charge in [0.2, 0.25) is 11.8 Å². The largest absolute Gasteiger partial charge is 0.467 e. The number of aliphatic hydroxyl groups excluding tert-OH is 1. The summed E-state index contributed by atoms with van der Waals surface area (Å²) in [4.78, 5) is 62.9. The molecule has 13 heteroatoms. The second kappa shape index (κ2) is 16.6. The fraction of sp³-hybridized carbons (Fsp3) is 0.400. The highest BCUT2D eigenvalue weighted by molar-refractivity contribution is 5.92. The van der Waals surface area contributed by atoms with Crippen LogP contribution in [0.25, 0.3) is 0 Å². The van der Waals surface area contributed by atoms with Crippen molar-refractivity contribution in [3.05, 3.63) is 84.2 Å². The SMILES string of the molecule is COC(=O)[C@@H](O)[C@H](CC(C)C)NC(=O)[C@H](Cc1cnc[nH]1)NC(=O)[C@H](Cc1cccnc1)NC(=O)OCc1ccccc1. The molecule has 1 aromatic carbocycles. The quantitative estimate of drug-likeness (QED) is 0.162. The van der Waals surface area contributed by atoms with E-state index in [1.165, 1.54) is 12.5 Å². The van der Waals surface area contributed by atoms with Gasteiger partial charge < -0.3 is 35.5 Å². The van der Waals surface area contributed by atoms with Crippen LogP contribution in [0.1, 0.15) is 37.1 Å². The van der Waals surface area contributed by atoms with Gasteiger partial charge in [-0.15, -0.1) is 0 Å². The lowest BCUT2D eigenvalue weighted by atomic mass is 9.98. The van der Waals surface area contributed by atoms with Gasteiger partial charge in [0.05, 0.1) is 19.5 Å². The van der Waals surface area contributed by atoms with Gasteiger partial charge in [-0.3, -0.25) is 14.6 Å². The normalized spacial score (nSPS) is 13.7. The Bertz CT molecular complexity index is 1310. The first kappa shape index (κ1) is 32.7.